The molecule has 1 amide bonds. The number of aryl methyl sites for hydroxylation is 1. The summed E-state index contributed by atoms with van der Waals surface area (Å²) in [6.07, 6.45) is 5.24. The Balaban J connectivity index is 1.53. The van der Waals surface area contributed by atoms with Crippen molar-refractivity contribution in [3.05, 3.63) is 29.8 Å². The second-order valence-electron chi connectivity index (χ2n) is 6.36. The van der Waals surface area contributed by atoms with Crippen molar-refractivity contribution in [1.82, 2.24) is 5.32 Å². The van der Waals surface area contributed by atoms with Crippen LogP contribution in [0.2, 0.25) is 0 Å². The number of rotatable bonds is 4. The summed E-state index contributed by atoms with van der Waals surface area (Å²) < 4.78 is 0. The van der Waals surface area contributed by atoms with E-state index >= 15 is 0 Å². The summed E-state index contributed by atoms with van der Waals surface area (Å²) >= 11 is 1.65. The molecule has 1 aromatic carbocycles. The van der Waals surface area contributed by atoms with Gasteiger partial charge in [0.25, 0.3) is 0 Å². The molecule has 3 rings (SSSR count). The monoisotopic (exact) mass is 289 g/mol. The predicted octanol–water partition coefficient (Wildman–Crippen LogP) is 3.78. The smallest absolute Gasteiger partial charge is 0.233 e. The van der Waals surface area contributed by atoms with Crippen molar-refractivity contribution in [2.75, 3.05) is 0 Å². The van der Waals surface area contributed by atoms with Crippen molar-refractivity contribution < 1.29 is 4.79 Å². The highest BCUT2D eigenvalue weighted by Gasteiger charge is 2.40. The maximum Gasteiger partial charge on any atom is 0.233 e. The second-order valence-corrected chi connectivity index (χ2v) is 7.78. The lowest BCUT2D eigenvalue weighted by atomic mass is 9.95. The molecule has 3 heteroatoms. The summed E-state index contributed by atoms with van der Waals surface area (Å²) in [6, 6.07) is 8.84. The maximum atomic E-state index is 12.3. The Morgan fingerprint density at radius 2 is 2.00 bits per heavy atom. The molecule has 1 N–H and O–H groups in total. The van der Waals surface area contributed by atoms with Gasteiger partial charge in [-0.05, 0) is 57.1 Å². The highest BCUT2D eigenvalue weighted by molar-refractivity contribution is 8.00. The van der Waals surface area contributed by atoms with Crippen molar-refractivity contribution >= 4 is 17.7 Å². The molecule has 2 aliphatic carbocycles. The van der Waals surface area contributed by atoms with E-state index in [2.05, 4.69) is 36.5 Å². The van der Waals surface area contributed by atoms with Gasteiger partial charge in [-0.25, -0.2) is 0 Å². The maximum absolute atomic E-state index is 12.3. The summed E-state index contributed by atoms with van der Waals surface area (Å²) in [5, 5.41) is 3.27. The first-order valence-corrected chi connectivity index (χ1v) is 8.53. The van der Waals surface area contributed by atoms with Crippen LogP contribution in [0.25, 0.3) is 0 Å². The molecule has 0 unspecified atom stereocenters. The van der Waals surface area contributed by atoms with Crippen LogP contribution >= 0.6 is 11.8 Å². The van der Waals surface area contributed by atoms with Crippen LogP contribution in [-0.4, -0.2) is 17.2 Å². The topological polar surface area (TPSA) is 29.1 Å². The van der Waals surface area contributed by atoms with Gasteiger partial charge in [0.1, 0.15) is 0 Å². The van der Waals surface area contributed by atoms with Gasteiger partial charge in [-0.15, -0.1) is 11.8 Å². The molecule has 20 heavy (non-hydrogen) atoms. The minimum atomic E-state index is -0.0168. The standard InChI is InChI=1S/C17H23NOS/c1-11-3-7-15(8-4-11)20-12(2)17(19)18-16-10-13-5-6-14(16)9-13/h3-4,7-8,12-14,16H,5-6,9-10H2,1-2H3,(H,18,19)/t12-,13-,14-,16-/m1/s1. The molecule has 2 nitrogen and oxygen atoms in total. The summed E-state index contributed by atoms with van der Waals surface area (Å²) in [7, 11) is 0. The number of nitrogens with one attached hydrogen (secondary N) is 1. The summed E-state index contributed by atoms with van der Waals surface area (Å²) in [5.74, 6) is 1.83. The SMILES string of the molecule is Cc1ccc(S[C@H](C)C(=O)N[C@@H]2C[C@@H]3CC[C@@H]2C3)cc1. The molecule has 2 bridgehead atoms. The number of carbonyl (C=O) groups is 1. The average Bonchev–Trinajstić information content (AvgIpc) is 3.03. The number of hydrogen-bond acceptors (Lipinski definition) is 2. The van der Waals surface area contributed by atoms with Crippen LogP contribution in [0.1, 0.15) is 38.2 Å². The lowest BCUT2D eigenvalue weighted by Crippen LogP contribution is -2.42. The number of thioether (sulfide) groups is 1. The largest absolute Gasteiger partial charge is 0.352 e. The first kappa shape index (κ1) is 14.0. The van der Waals surface area contributed by atoms with E-state index in [-0.39, 0.29) is 11.2 Å². The summed E-state index contributed by atoms with van der Waals surface area (Å²) in [6.45, 7) is 4.09. The summed E-state index contributed by atoms with van der Waals surface area (Å²) in [5.41, 5.74) is 1.26. The molecule has 2 saturated carbocycles. The lowest BCUT2D eigenvalue weighted by molar-refractivity contribution is -0.121. The van der Waals surface area contributed by atoms with Gasteiger partial charge in [0.15, 0.2) is 0 Å². The van der Waals surface area contributed by atoms with Crippen molar-refractivity contribution in [3.63, 3.8) is 0 Å². The molecule has 4 atom stereocenters. The molecule has 2 fully saturated rings. The van der Waals surface area contributed by atoms with Gasteiger partial charge in [0.2, 0.25) is 5.91 Å². The zero-order valence-corrected chi connectivity index (χ0v) is 13.1. The zero-order chi connectivity index (χ0) is 14.1. The first-order valence-electron chi connectivity index (χ1n) is 7.65. The van der Waals surface area contributed by atoms with Gasteiger partial charge in [-0.3, -0.25) is 4.79 Å². The van der Waals surface area contributed by atoms with Gasteiger partial charge in [-0.1, -0.05) is 24.1 Å². The Hall–Kier alpha value is -0.960. The van der Waals surface area contributed by atoms with E-state index in [1.165, 1.54) is 36.1 Å². The third kappa shape index (κ3) is 3.03. The molecular formula is C17H23NOS. The van der Waals surface area contributed by atoms with E-state index in [9.17, 15) is 4.79 Å². The molecule has 1 aromatic rings. The van der Waals surface area contributed by atoms with Crippen molar-refractivity contribution in [1.29, 1.82) is 0 Å². The molecule has 0 aromatic heterocycles. The predicted molar refractivity (Wildman–Crippen MR) is 83.9 cm³/mol. The number of benzene rings is 1. The third-order valence-electron chi connectivity index (χ3n) is 4.77. The molecule has 2 aliphatic rings. The van der Waals surface area contributed by atoms with Gasteiger partial charge in [-0.2, -0.15) is 0 Å². The second kappa shape index (κ2) is 5.80. The zero-order valence-electron chi connectivity index (χ0n) is 12.3. The van der Waals surface area contributed by atoms with Gasteiger partial charge < -0.3 is 5.32 Å². The molecular weight excluding hydrogens is 266 g/mol. The van der Waals surface area contributed by atoms with E-state index < -0.39 is 0 Å². The molecule has 0 radical (unpaired) electrons. The van der Waals surface area contributed by atoms with Crippen LogP contribution in [0.3, 0.4) is 0 Å². The Labute approximate surface area is 125 Å². The first-order chi connectivity index (χ1) is 9.61. The van der Waals surface area contributed by atoms with E-state index in [1.54, 1.807) is 11.8 Å². The van der Waals surface area contributed by atoms with E-state index in [0.29, 0.717) is 6.04 Å². The fraction of sp³-hybridized carbons (Fsp3) is 0.588. The van der Waals surface area contributed by atoms with Crippen molar-refractivity contribution in [3.8, 4) is 0 Å². The Morgan fingerprint density at radius 1 is 1.25 bits per heavy atom. The van der Waals surface area contributed by atoms with Crippen LogP contribution in [0, 0.1) is 18.8 Å². The van der Waals surface area contributed by atoms with E-state index in [4.69, 9.17) is 0 Å². The van der Waals surface area contributed by atoms with E-state index in [0.717, 1.165) is 11.8 Å². The molecule has 0 aliphatic heterocycles. The Morgan fingerprint density at radius 3 is 2.60 bits per heavy atom. The molecule has 108 valence electrons. The number of carbonyl (C=O) groups excluding carboxylic acids is 1. The van der Waals surface area contributed by atoms with Gasteiger partial charge in [0.05, 0.1) is 5.25 Å². The quantitative estimate of drug-likeness (QED) is 0.855. The fourth-order valence-electron chi connectivity index (χ4n) is 3.60. The van der Waals surface area contributed by atoms with Crippen LogP contribution in [0.5, 0.6) is 0 Å². The lowest BCUT2D eigenvalue weighted by Gasteiger charge is -2.24. The van der Waals surface area contributed by atoms with Crippen LogP contribution in [0.4, 0.5) is 0 Å². The minimum Gasteiger partial charge on any atom is -0.352 e. The van der Waals surface area contributed by atoms with Crippen LogP contribution < -0.4 is 5.32 Å². The van der Waals surface area contributed by atoms with Crippen molar-refractivity contribution in [2.24, 2.45) is 11.8 Å². The summed E-state index contributed by atoms with van der Waals surface area (Å²) in [4.78, 5) is 13.5. The number of hydrogen-bond donors (Lipinski definition) is 1. The Kier molecular flexibility index (Phi) is 4.06. The fourth-order valence-corrected chi connectivity index (χ4v) is 4.47. The number of amides is 1. The normalized spacial score (nSPS) is 29.4. The van der Waals surface area contributed by atoms with E-state index in [1.807, 2.05) is 6.92 Å². The highest BCUT2D eigenvalue weighted by Crippen LogP contribution is 2.44. The highest BCUT2D eigenvalue weighted by atomic mass is 32.2. The van der Waals surface area contributed by atoms with Crippen molar-refractivity contribution in [2.45, 2.75) is 55.7 Å². The van der Waals surface area contributed by atoms with Gasteiger partial charge in [0, 0.05) is 10.9 Å². The average molecular weight is 289 g/mol. The molecule has 0 spiro atoms. The Bertz CT molecular complexity index is 484. The molecule has 0 saturated heterocycles. The third-order valence-corrected chi connectivity index (χ3v) is 5.88. The van der Waals surface area contributed by atoms with Gasteiger partial charge >= 0.3 is 0 Å². The van der Waals surface area contributed by atoms with Crippen LogP contribution in [-0.2, 0) is 4.79 Å². The number of fused-ring (bicyclic) bond motifs is 2. The van der Waals surface area contributed by atoms with Crippen LogP contribution in [0.15, 0.2) is 29.2 Å². The molecule has 0 heterocycles. The minimum absolute atomic E-state index is 0.0168.